The van der Waals surface area contributed by atoms with Gasteiger partial charge in [0.05, 0.1) is 18.5 Å². The zero-order valence-corrected chi connectivity index (χ0v) is 16.8. The normalized spacial score (nSPS) is 11.9. The number of aromatic nitrogens is 2. The number of hydrogen-bond acceptors (Lipinski definition) is 5. The van der Waals surface area contributed by atoms with Crippen LogP contribution < -0.4 is 10.5 Å². The Hall–Kier alpha value is -3.53. The second kappa shape index (κ2) is 9.98. The van der Waals surface area contributed by atoms with Gasteiger partial charge in [0, 0.05) is 5.56 Å². The summed E-state index contributed by atoms with van der Waals surface area (Å²) < 4.78 is 45.5. The van der Waals surface area contributed by atoms with Crippen LogP contribution in [0, 0.1) is 0 Å². The first-order chi connectivity index (χ1) is 14.6. The van der Waals surface area contributed by atoms with Crippen molar-refractivity contribution in [3.8, 4) is 28.4 Å². The number of hydrogen-bond donors (Lipinski definition) is 3. The number of phenols is 1. The maximum atomic E-state index is 13.1. The molecule has 0 aliphatic heterocycles. The summed E-state index contributed by atoms with van der Waals surface area (Å²) in [6.45, 7) is 1.73. The summed E-state index contributed by atoms with van der Waals surface area (Å²) in [6.07, 6.45) is -4.06. The molecule has 7 nitrogen and oxygen atoms in total. The van der Waals surface area contributed by atoms with Crippen LogP contribution in [0.25, 0.3) is 16.9 Å². The van der Waals surface area contributed by atoms with Crippen LogP contribution >= 0.6 is 0 Å². The lowest BCUT2D eigenvalue weighted by molar-refractivity contribution is -0.141. The first-order valence-corrected chi connectivity index (χ1v) is 9.16. The van der Waals surface area contributed by atoms with Crippen LogP contribution in [0.2, 0.25) is 0 Å². The number of aliphatic carboxylic acids is 1. The minimum absolute atomic E-state index is 0.0327. The third kappa shape index (κ3) is 6.22. The number of ether oxygens (including phenoxy) is 1. The Morgan fingerprint density at radius 1 is 1.16 bits per heavy atom. The molecule has 1 unspecified atom stereocenters. The second-order valence-corrected chi connectivity index (χ2v) is 6.42. The van der Waals surface area contributed by atoms with Gasteiger partial charge in [0.1, 0.15) is 17.5 Å². The molecule has 0 radical (unpaired) electrons. The summed E-state index contributed by atoms with van der Waals surface area (Å²) in [7, 11) is 1.51. The van der Waals surface area contributed by atoms with Gasteiger partial charge >= 0.3 is 12.1 Å². The van der Waals surface area contributed by atoms with Crippen molar-refractivity contribution in [1.82, 2.24) is 9.78 Å². The van der Waals surface area contributed by atoms with Crippen molar-refractivity contribution in [2.75, 3.05) is 7.11 Å². The van der Waals surface area contributed by atoms with Crippen LogP contribution in [0.15, 0.2) is 54.6 Å². The van der Waals surface area contributed by atoms with Crippen molar-refractivity contribution >= 4 is 5.97 Å². The molecule has 166 valence electrons. The summed E-state index contributed by atoms with van der Waals surface area (Å²) in [4.78, 5) is 9.81. The molecule has 0 aliphatic rings. The van der Waals surface area contributed by atoms with E-state index < -0.39 is 23.9 Å². The average Bonchev–Trinajstić information content (AvgIpc) is 3.20. The summed E-state index contributed by atoms with van der Waals surface area (Å²) in [5.41, 5.74) is 5.28. The number of phenolic OH excluding ortho intramolecular Hbond substituents is 1. The number of methoxy groups -OCH3 is 1. The van der Waals surface area contributed by atoms with E-state index in [1.54, 1.807) is 31.2 Å². The fraction of sp³-hybridized carbons (Fsp3) is 0.238. The number of alkyl halides is 3. The topological polar surface area (TPSA) is 111 Å². The molecule has 0 aliphatic carbocycles. The number of benzene rings is 2. The Labute approximate surface area is 176 Å². The molecule has 3 aromatic rings. The molecule has 0 amide bonds. The van der Waals surface area contributed by atoms with Gasteiger partial charge in [-0.2, -0.15) is 18.3 Å². The Balaban J connectivity index is 0.000000423. The maximum Gasteiger partial charge on any atom is 0.435 e. The van der Waals surface area contributed by atoms with E-state index in [-0.39, 0.29) is 11.4 Å². The minimum Gasteiger partial charge on any atom is -0.508 e. The van der Waals surface area contributed by atoms with Crippen molar-refractivity contribution in [2.24, 2.45) is 5.73 Å². The van der Waals surface area contributed by atoms with Crippen molar-refractivity contribution in [3.05, 3.63) is 60.3 Å². The first-order valence-electron chi connectivity index (χ1n) is 9.16. The van der Waals surface area contributed by atoms with Crippen molar-refractivity contribution in [3.63, 3.8) is 0 Å². The zero-order valence-electron chi connectivity index (χ0n) is 16.8. The highest BCUT2D eigenvalue weighted by Gasteiger charge is 2.35. The zero-order chi connectivity index (χ0) is 23.2. The van der Waals surface area contributed by atoms with Crippen LogP contribution in [0.4, 0.5) is 13.2 Å². The van der Waals surface area contributed by atoms with Crippen LogP contribution in [-0.4, -0.2) is 39.1 Å². The molecule has 31 heavy (non-hydrogen) atoms. The third-order valence-electron chi connectivity index (χ3n) is 4.24. The molecule has 10 heteroatoms. The molecule has 1 atom stereocenters. The summed E-state index contributed by atoms with van der Waals surface area (Å²) in [5, 5.41) is 21.1. The van der Waals surface area contributed by atoms with E-state index in [0.29, 0.717) is 23.4 Å². The first kappa shape index (κ1) is 23.7. The van der Waals surface area contributed by atoms with E-state index in [0.717, 1.165) is 6.07 Å². The van der Waals surface area contributed by atoms with Crippen LogP contribution in [0.1, 0.15) is 19.0 Å². The van der Waals surface area contributed by atoms with Crippen molar-refractivity contribution in [2.45, 2.75) is 25.6 Å². The van der Waals surface area contributed by atoms with Gasteiger partial charge in [0.15, 0.2) is 5.69 Å². The third-order valence-corrected chi connectivity index (χ3v) is 4.24. The van der Waals surface area contributed by atoms with E-state index in [1.165, 1.54) is 36.1 Å². The fourth-order valence-corrected chi connectivity index (χ4v) is 2.45. The molecule has 4 N–H and O–H groups in total. The van der Waals surface area contributed by atoms with E-state index in [1.807, 2.05) is 0 Å². The largest absolute Gasteiger partial charge is 0.508 e. The summed E-state index contributed by atoms with van der Waals surface area (Å²) in [5.74, 6) is -0.305. The molecule has 1 aromatic heterocycles. The predicted octanol–water partition coefficient (Wildman–Crippen LogP) is 4.08. The highest BCUT2D eigenvalue weighted by molar-refractivity contribution is 5.72. The number of nitrogens with zero attached hydrogens (tertiary/aromatic N) is 2. The van der Waals surface area contributed by atoms with Crippen molar-refractivity contribution in [1.29, 1.82) is 0 Å². The lowest BCUT2D eigenvalue weighted by atomic mass is 10.1. The van der Waals surface area contributed by atoms with Gasteiger partial charge in [-0.3, -0.25) is 4.79 Å². The molecule has 0 saturated heterocycles. The van der Waals surface area contributed by atoms with E-state index in [2.05, 4.69) is 5.10 Å². The van der Waals surface area contributed by atoms with Gasteiger partial charge < -0.3 is 20.7 Å². The number of rotatable bonds is 5. The van der Waals surface area contributed by atoms with Gasteiger partial charge in [0.25, 0.3) is 0 Å². The van der Waals surface area contributed by atoms with Gasteiger partial charge in [-0.25, -0.2) is 4.68 Å². The van der Waals surface area contributed by atoms with Gasteiger partial charge in [-0.15, -0.1) is 0 Å². The van der Waals surface area contributed by atoms with E-state index in [9.17, 15) is 23.1 Å². The summed E-state index contributed by atoms with van der Waals surface area (Å²) >= 11 is 0. The number of carboxylic acid groups (broad SMARTS) is 1. The van der Waals surface area contributed by atoms with E-state index in [4.69, 9.17) is 15.6 Å². The SMILES string of the molecule is CCC(N)C(=O)O.COc1ccc(-n2nc(C(F)(F)F)cc2-c2ccc(O)cc2)cc1. The molecular formula is C21H22F3N3O4. The number of carboxylic acids is 1. The van der Waals surface area contributed by atoms with Gasteiger partial charge in [-0.1, -0.05) is 6.92 Å². The Bertz CT molecular complexity index is 1000. The molecular weight excluding hydrogens is 415 g/mol. The van der Waals surface area contributed by atoms with Crippen molar-refractivity contribution < 1.29 is 32.9 Å². The maximum absolute atomic E-state index is 13.1. The average molecular weight is 437 g/mol. The summed E-state index contributed by atoms with van der Waals surface area (Å²) in [6, 6.07) is 12.7. The molecule has 2 aromatic carbocycles. The van der Waals surface area contributed by atoms with Gasteiger partial charge in [0.2, 0.25) is 0 Å². The standard InChI is InChI=1S/C17H13F3N2O2.C4H9NO2/c1-24-14-8-4-12(5-9-14)22-15(10-16(21-22)17(18,19)20)11-2-6-13(23)7-3-11;1-2-3(5)4(6)7/h2-10,23H,1H3;3H,2,5H2,1H3,(H,6,7). The molecule has 0 spiro atoms. The smallest absolute Gasteiger partial charge is 0.435 e. The number of halogens is 3. The highest BCUT2D eigenvalue weighted by atomic mass is 19.4. The molecule has 0 fully saturated rings. The van der Waals surface area contributed by atoms with Crippen LogP contribution in [-0.2, 0) is 11.0 Å². The van der Waals surface area contributed by atoms with Gasteiger partial charge in [-0.05, 0) is 61.0 Å². The lowest BCUT2D eigenvalue weighted by Crippen LogP contribution is -2.28. The van der Waals surface area contributed by atoms with Crippen LogP contribution in [0.3, 0.4) is 0 Å². The predicted molar refractivity (Wildman–Crippen MR) is 108 cm³/mol. The number of nitrogens with two attached hydrogens (primary N) is 1. The Kier molecular flexibility index (Phi) is 7.65. The quantitative estimate of drug-likeness (QED) is 0.555. The molecule has 3 rings (SSSR count). The highest BCUT2D eigenvalue weighted by Crippen LogP contribution is 2.33. The number of carbonyl (C=O) groups is 1. The molecule has 0 bridgehead atoms. The Morgan fingerprint density at radius 3 is 2.16 bits per heavy atom. The van der Waals surface area contributed by atoms with Crippen LogP contribution in [0.5, 0.6) is 11.5 Å². The Morgan fingerprint density at radius 2 is 1.74 bits per heavy atom. The monoisotopic (exact) mass is 437 g/mol. The number of aromatic hydroxyl groups is 1. The van der Waals surface area contributed by atoms with E-state index >= 15 is 0 Å². The molecule has 1 heterocycles. The molecule has 0 saturated carbocycles. The lowest BCUT2D eigenvalue weighted by Gasteiger charge is -2.08. The second-order valence-electron chi connectivity index (χ2n) is 6.42. The minimum atomic E-state index is -4.55. The fourth-order valence-electron chi connectivity index (χ4n) is 2.45.